The Kier molecular flexibility index (Phi) is 3.46. The average Bonchev–Trinajstić information content (AvgIpc) is 2.65. The highest BCUT2D eigenvalue weighted by Gasteiger charge is 2.46. The van der Waals surface area contributed by atoms with Gasteiger partial charge in [0.25, 0.3) is 0 Å². The van der Waals surface area contributed by atoms with Gasteiger partial charge in [0.05, 0.1) is 5.54 Å². The predicted molar refractivity (Wildman–Crippen MR) is 80.7 cm³/mol. The molecule has 1 aromatic rings. The van der Waals surface area contributed by atoms with E-state index in [1.807, 2.05) is 24.3 Å². The zero-order valence-electron chi connectivity index (χ0n) is 11.4. The topological polar surface area (TPSA) is 41.3 Å². The van der Waals surface area contributed by atoms with Crippen molar-refractivity contribution in [2.75, 3.05) is 18.9 Å². The Balaban J connectivity index is 1.79. The van der Waals surface area contributed by atoms with Crippen LogP contribution in [0.15, 0.2) is 24.3 Å². The smallest absolute Gasteiger partial charge is 0.0525 e. The van der Waals surface area contributed by atoms with Crippen LogP contribution in [0, 0.1) is 0 Å². The summed E-state index contributed by atoms with van der Waals surface area (Å²) in [6, 6.07) is 9.30. The molecule has 2 fully saturated rings. The molecule has 0 saturated carbocycles. The van der Waals surface area contributed by atoms with Gasteiger partial charge >= 0.3 is 0 Å². The SMILES string of the molecule is CN1C2CCC1CC(CN)(Nc1ccc(Cl)cc1)C2. The van der Waals surface area contributed by atoms with Gasteiger partial charge in [-0.3, -0.25) is 0 Å². The Bertz CT molecular complexity index is 431. The molecule has 0 aromatic heterocycles. The Morgan fingerprint density at radius 1 is 1.26 bits per heavy atom. The molecule has 3 nitrogen and oxygen atoms in total. The molecule has 104 valence electrons. The van der Waals surface area contributed by atoms with Crippen LogP contribution in [0.5, 0.6) is 0 Å². The molecule has 19 heavy (non-hydrogen) atoms. The van der Waals surface area contributed by atoms with Crippen LogP contribution in [0.4, 0.5) is 5.69 Å². The first-order chi connectivity index (χ1) is 9.12. The summed E-state index contributed by atoms with van der Waals surface area (Å²) in [5.74, 6) is 0. The van der Waals surface area contributed by atoms with Crippen LogP contribution >= 0.6 is 11.6 Å². The molecule has 3 rings (SSSR count). The van der Waals surface area contributed by atoms with Crippen molar-refractivity contribution < 1.29 is 0 Å². The molecule has 1 aromatic carbocycles. The van der Waals surface area contributed by atoms with Crippen molar-refractivity contribution in [3.63, 3.8) is 0 Å². The van der Waals surface area contributed by atoms with Crippen LogP contribution in [-0.2, 0) is 0 Å². The summed E-state index contributed by atoms with van der Waals surface area (Å²) in [4.78, 5) is 2.54. The summed E-state index contributed by atoms with van der Waals surface area (Å²) >= 11 is 5.94. The molecular weight excluding hydrogens is 258 g/mol. The molecule has 2 saturated heterocycles. The minimum Gasteiger partial charge on any atom is -0.378 e. The summed E-state index contributed by atoms with van der Waals surface area (Å²) in [6.45, 7) is 0.691. The molecule has 0 amide bonds. The van der Waals surface area contributed by atoms with E-state index in [1.165, 1.54) is 12.8 Å². The van der Waals surface area contributed by atoms with Gasteiger partial charge in [0.2, 0.25) is 0 Å². The second-order valence-electron chi connectivity index (χ2n) is 6.08. The summed E-state index contributed by atoms with van der Waals surface area (Å²) < 4.78 is 0. The highest BCUT2D eigenvalue weighted by atomic mass is 35.5. The molecule has 2 aliphatic rings. The minimum absolute atomic E-state index is 0.0478. The quantitative estimate of drug-likeness (QED) is 0.894. The highest BCUT2D eigenvalue weighted by molar-refractivity contribution is 6.30. The van der Waals surface area contributed by atoms with E-state index in [4.69, 9.17) is 17.3 Å². The Hall–Kier alpha value is -0.770. The summed E-state index contributed by atoms with van der Waals surface area (Å²) in [5.41, 5.74) is 7.28. The van der Waals surface area contributed by atoms with Crippen LogP contribution < -0.4 is 11.1 Å². The summed E-state index contributed by atoms with van der Waals surface area (Å²) in [7, 11) is 2.26. The van der Waals surface area contributed by atoms with Crippen molar-refractivity contribution in [3.8, 4) is 0 Å². The number of hydrogen-bond acceptors (Lipinski definition) is 3. The molecule has 3 N–H and O–H groups in total. The van der Waals surface area contributed by atoms with Crippen molar-refractivity contribution in [3.05, 3.63) is 29.3 Å². The number of hydrogen-bond donors (Lipinski definition) is 2. The van der Waals surface area contributed by atoms with E-state index in [0.717, 1.165) is 23.6 Å². The van der Waals surface area contributed by atoms with Crippen LogP contribution in [0.1, 0.15) is 25.7 Å². The first-order valence-electron chi connectivity index (χ1n) is 7.08. The third-order valence-corrected chi connectivity index (χ3v) is 5.13. The highest BCUT2D eigenvalue weighted by Crippen LogP contribution is 2.40. The lowest BCUT2D eigenvalue weighted by atomic mass is 9.82. The fraction of sp³-hybridized carbons (Fsp3) is 0.600. The Labute approximate surface area is 120 Å². The number of nitrogens with one attached hydrogen (secondary N) is 1. The maximum absolute atomic E-state index is 6.11. The number of benzene rings is 1. The molecule has 4 heteroatoms. The maximum Gasteiger partial charge on any atom is 0.0525 e. The van der Waals surface area contributed by atoms with Gasteiger partial charge < -0.3 is 16.0 Å². The molecule has 2 unspecified atom stereocenters. The van der Waals surface area contributed by atoms with E-state index < -0.39 is 0 Å². The largest absolute Gasteiger partial charge is 0.378 e. The van der Waals surface area contributed by atoms with Gasteiger partial charge in [-0.2, -0.15) is 0 Å². The number of anilines is 1. The zero-order valence-corrected chi connectivity index (χ0v) is 12.2. The van der Waals surface area contributed by atoms with E-state index in [9.17, 15) is 0 Å². The van der Waals surface area contributed by atoms with Crippen molar-refractivity contribution >= 4 is 17.3 Å². The Morgan fingerprint density at radius 3 is 2.37 bits per heavy atom. The number of piperidine rings is 1. The molecule has 0 radical (unpaired) electrons. The molecule has 2 atom stereocenters. The van der Waals surface area contributed by atoms with Gasteiger partial charge in [-0.15, -0.1) is 0 Å². The van der Waals surface area contributed by atoms with Crippen molar-refractivity contribution in [2.45, 2.75) is 43.3 Å². The molecule has 0 aliphatic carbocycles. The van der Waals surface area contributed by atoms with E-state index >= 15 is 0 Å². The fourth-order valence-electron chi connectivity index (χ4n) is 3.73. The summed E-state index contributed by atoms with van der Waals surface area (Å²) in [5, 5.41) is 4.46. The van der Waals surface area contributed by atoms with Crippen molar-refractivity contribution in [1.29, 1.82) is 0 Å². The summed E-state index contributed by atoms with van der Waals surface area (Å²) in [6.07, 6.45) is 4.90. The van der Waals surface area contributed by atoms with Crippen LogP contribution in [0.3, 0.4) is 0 Å². The normalized spacial score (nSPS) is 34.5. The third-order valence-electron chi connectivity index (χ3n) is 4.88. The second kappa shape index (κ2) is 4.97. The molecular formula is C15H22ClN3. The van der Waals surface area contributed by atoms with Crippen LogP contribution in [0.25, 0.3) is 0 Å². The van der Waals surface area contributed by atoms with Crippen LogP contribution in [-0.4, -0.2) is 36.1 Å². The van der Waals surface area contributed by atoms with Gasteiger partial charge in [-0.05, 0) is 57.0 Å². The predicted octanol–water partition coefficient (Wildman–Crippen LogP) is 2.71. The molecule has 2 bridgehead atoms. The lowest BCUT2D eigenvalue weighted by molar-refractivity contribution is 0.127. The number of halogens is 1. The minimum atomic E-state index is 0.0478. The number of rotatable bonds is 3. The second-order valence-corrected chi connectivity index (χ2v) is 6.51. The van der Waals surface area contributed by atoms with E-state index in [2.05, 4.69) is 17.3 Å². The first-order valence-corrected chi connectivity index (χ1v) is 7.45. The number of nitrogens with zero attached hydrogens (tertiary/aromatic N) is 1. The van der Waals surface area contributed by atoms with Crippen LogP contribution in [0.2, 0.25) is 5.02 Å². The monoisotopic (exact) mass is 279 g/mol. The van der Waals surface area contributed by atoms with E-state index in [-0.39, 0.29) is 5.54 Å². The Morgan fingerprint density at radius 2 is 1.84 bits per heavy atom. The van der Waals surface area contributed by atoms with Gasteiger partial charge in [-0.25, -0.2) is 0 Å². The maximum atomic E-state index is 6.11. The lowest BCUT2D eigenvalue weighted by Crippen LogP contribution is -2.57. The van der Waals surface area contributed by atoms with Crippen molar-refractivity contribution in [2.24, 2.45) is 5.73 Å². The average molecular weight is 280 g/mol. The van der Waals surface area contributed by atoms with Gasteiger partial charge in [-0.1, -0.05) is 11.6 Å². The lowest BCUT2D eigenvalue weighted by Gasteiger charge is -2.45. The van der Waals surface area contributed by atoms with E-state index in [1.54, 1.807) is 0 Å². The first kappa shape index (κ1) is 13.2. The van der Waals surface area contributed by atoms with E-state index in [0.29, 0.717) is 18.6 Å². The van der Waals surface area contributed by atoms with Crippen molar-refractivity contribution in [1.82, 2.24) is 4.90 Å². The van der Waals surface area contributed by atoms with Gasteiger partial charge in [0, 0.05) is 29.3 Å². The zero-order chi connectivity index (χ0) is 13.5. The standard InChI is InChI=1S/C15H22ClN3/c1-19-13-6-7-14(19)9-15(8-13,10-17)18-12-4-2-11(16)3-5-12/h2-5,13-14,18H,6-10,17H2,1H3. The third kappa shape index (κ3) is 2.47. The fourth-order valence-corrected chi connectivity index (χ4v) is 3.85. The molecule has 2 aliphatic heterocycles. The number of nitrogens with two attached hydrogens (primary N) is 1. The molecule has 0 spiro atoms. The molecule has 2 heterocycles. The number of fused-ring (bicyclic) bond motifs is 2. The van der Waals surface area contributed by atoms with Gasteiger partial charge in [0.15, 0.2) is 0 Å². The van der Waals surface area contributed by atoms with Gasteiger partial charge in [0.1, 0.15) is 0 Å².